The van der Waals surface area contributed by atoms with E-state index in [1.165, 1.54) is 5.69 Å². The summed E-state index contributed by atoms with van der Waals surface area (Å²) in [6, 6.07) is 12.4. The third kappa shape index (κ3) is 6.47. The van der Waals surface area contributed by atoms with Gasteiger partial charge in [0.1, 0.15) is 6.04 Å². The summed E-state index contributed by atoms with van der Waals surface area (Å²) in [4.78, 5) is 31.4. The zero-order valence-electron chi connectivity index (χ0n) is 17.5. The second kappa shape index (κ2) is 11.2. The van der Waals surface area contributed by atoms with Crippen molar-refractivity contribution in [2.45, 2.75) is 38.6 Å². The Morgan fingerprint density at radius 1 is 1.10 bits per heavy atom. The molecule has 1 saturated heterocycles. The van der Waals surface area contributed by atoms with E-state index in [1.54, 1.807) is 0 Å². The molecule has 1 aromatic carbocycles. The lowest BCUT2D eigenvalue weighted by Crippen LogP contribution is -2.49. The molecule has 7 heteroatoms. The monoisotopic (exact) mass is 409 g/mol. The summed E-state index contributed by atoms with van der Waals surface area (Å²) in [5, 5.41) is 8.63. The molecular weight excluding hydrogens is 378 g/mol. The number of nitrogens with one attached hydrogen (secondary N) is 3. The third-order valence-corrected chi connectivity index (χ3v) is 5.44. The fourth-order valence-electron chi connectivity index (χ4n) is 3.72. The minimum Gasteiger partial charge on any atom is -0.371 e. The van der Waals surface area contributed by atoms with Gasteiger partial charge in [0.15, 0.2) is 0 Å². The highest BCUT2D eigenvalue weighted by Gasteiger charge is 2.23. The Morgan fingerprint density at radius 3 is 2.47 bits per heavy atom. The maximum Gasteiger partial charge on any atom is 0.319 e. The molecule has 3 N–H and O–H groups in total. The van der Waals surface area contributed by atoms with Crippen LogP contribution in [-0.4, -0.2) is 42.6 Å². The summed E-state index contributed by atoms with van der Waals surface area (Å²) < 4.78 is 0. The van der Waals surface area contributed by atoms with Crippen molar-refractivity contribution in [1.82, 2.24) is 15.6 Å². The molecule has 7 nitrogen and oxygen atoms in total. The molecule has 1 aromatic heterocycles. The average molecular weight is 410 g/mol. The van der Waals surface area contributed by atoms with Gasteiger partial charge in [-0.25, -0.2) is 4.79 Å². The number of pyridine rings is 1. The number of carbonyl (C=O) groups excluding carboxylic acids is 2. The molecule has 1 fully saturated rings. The number of para-hydroxylation sites is 1. The molecule has 0 radical (unpaired) electrons. The Hall–Kier alpha value is -3.09. The Morgan fingerprint density at radius 2 is 1.80 bits per heavy atom. The minimum atomic E-state index is -0.532. The highest BCUT2D eigenvalue weighted by atomic mass is 16.2. The quantitative estimate of drug-likeness (QED) is 0.624. The van der Waals surface area contributed by atoms with Gasteiger partial charge in [0.2, 0.25) is 5.91 Å². The molecule has 0 bridgehead atoms. The predicted octanol–water partition coefficient (Wildman–Crippen LogP) is 3.40. The lowest BCUT2D eigenvalue weighted by molar-refractivity contribution is -0.123. The first-order valence-electron chi connectivity index (χ1n) is 10.7. The average Bonchev–Trinajstić information content (AvgIpc) is 2.79. The standard InChI is InChI=1S/C23H31N5O2/c1-2-6-21(27-23(30)26-19-7-4-3-5-8-19)22(29)25-17-18-11-15-28(16-12-18)20-9-13-24-14-10-20/h3-5,7-10,13-14,18,21H,2,6,11-12,15-17H2,1H3,(H,25,29)(H2,26,27,30). The van der Waals surface area contributed by atoms with Crippen LogP contribution in [0.5, 0.6) is 0 Å². The Balaban J connectivity index is 1.43. The van der Waals surface area contributed by atoms with E-state index in [-0.39, 0.29) is 11.9 Å². The number of nitrogens with zero attached hydrogens (tertiary/aromatic N) is 2. The van der Waals surface area contributed by atoms with Gasteiger partial charge in [-0.05, 0) is 49.4 Å². The molecule has 0 saturated carbocycles. The number of rotatable bonds is 8. The highest BCUT2D eigenvalue weighted by molar-refractivity contribution is 5.93. The number of aromatic nitrogens is 1. The van der Waals surface area contributed by atoms with Crippen molar-refractivity contribution in [1.29, 1.82) is 0 Å². The number of urea groups is 1. The summed E-state index contributed by atoms with van der Waals surface area (Å²) in [7, 11) is 0. The van der Waals surface area contributed by atoms with Crippen molar-refractivity contribution in [3.05, 3.63) is 54.9 Å². The zero-order valence-corrected chi connectivity index (χ0v) is 17.5. The van der Waals surface area contributed by atoms with E-state index in [9.17, 15) is 9.59 Å². The van der Waals surface area contributed by atoms with Crippen LogP contribution in [0, 0.1) is 5.92 Å². The Labute approximate surface area is 178 Å². The smallest absolute Gasteiger partial charge is 0.319 e. The molecule has 1 aliphatic heterocycles. The van der Waals surface area contributed by atoms with Gasteiger partial charge in [-0.3, -0.25) is 9.78 Å². The predicted molar refractivity (Wildman–Crippen MR) is 119 cm³/mol. The van der Waals surface area contributed by atoms with Crippen LogP contribution in [0.2, 0.25) is 0 Å². The van der Waals surface area contributed by atoms with Gasteiger partial charge in [0.25, 0.3) is 0 Å². The van der Waals surface area contributed by atoms with Gasteiger partial charge in [0, 0.05) is 43.4 Å². The molecule has 3 amide bonds. The van der Waals surface area contributed by atoms with Crippen LogP contribution in [0.4, 0.5) is 16.2 Å². The second-order valence-corrected chi connectivity index (χ2v) is 7.69. The highest BCUT2D eigenvalue weighted by Crippen LogP contribution is 2.22. The SMILES string of the molecule is CCCC(NC(=O)Nc1ccccc1)C(=O)NCC1CCN(c2ccncc2)CC1. The van der Waals surface area contributed by atoms with Crippen LogP contribution in [0.15, 0.2) is 54.9 Å². The maximum atomic E-state index is 12.7. The van der Waals surface area contributed by atoms with E-state index in [0.717, 1.165) is 32.4 Å². The van der Waals surface area contributed by atoms with Crippen molar-refractivity contribution in [2.24, 2.45) is 5.92 Å². The minimum absolute atomic E-state index is 0.114. The number of hydrogen-bond acceptors (Lipinski definition) is 4. The first-order valence-corrected chi connectivity index (χ1v) is 10.7. The summed E-state index contributed by atoms with van der Waals surface area (Å²) in [6.45, 7) is 4.60. The number of anilines is 2. The summed E-state index contributed by atoms with van der Waals surface area (Å²) in [5.74, 6) is 0.337. The van der Waals surface area contributed by atoms with Crippen LogP contribution in [-0.2, 0) is 4.79 Å². The van der Waals surface area contributed by atoms with Crippen LogP contribution in [0.25, 0.3) is 0 Å². The molecule has 0 aliphatic carbocycles. The molecule has 1 unspecified atom stereocenters. The normalized spacial score (nSPS) is 15.3. The number of carbonyl (C=O) groups is 2. The molecule has 2 aromatic rings. The van der Waals surface area contributed by atoms with Crippen molar-refractivity contribution in [3.63, 3.8) is 0 Å². The van der Waals surface area contributed by atoms with Gasteiger partial charge >= 0.3 is 6.03 Å². The first kappa shape index (κ1) is 21.6. The zero-order chi connectivity index (χ0) is 21.2. The molecule has 30 heavy (non-hydrogen) atoms. The van der Waals surface area contributed by atoms with Crippen LogP contribution < -0.4 is 20.9 Å². The summed E-state index contributed by atoms with van der Waals surface area (Å²) in [5.41, 5.74) is 1.90. The fraction of sp³-hybridized carbons (Fsp3) is 0.435. The van der Waals surface area contributed by atoms with Crippen LogP contribution in [0.1, 0.15) is 32.6 Å². The van der Waals surface area contributed by atoms with Crippen molar-refractivity contribution in [3.8, 4) is 0 Å². The largest absolute Gasteiger partial charge is 0.371 e. The van der Waals surface area contributed by atoms with Gasteiger partial charge in [-0.15, -0.1) is 0 Å². The summed E-state index contributed by atoms with van der Waals surface area (Å²) >= 11 is 0. The molecule has 2 heterocycles. The Kier molecular flexibility index (Phi) is 8.06. The van der Waals surface area contributed by atoms with Gasteiger partial charge in [0.05, 0.1) is 0 Å². The van der Waals surface area contributed by atoms with Crippen LogP contribution >= 0.6 is 0 Å². The maximum absolute atomic E-state index is 12.7. The lowest BCUT2D eigenvalue weighted by atomic mass is 9.96. The van der Waals surface area contributed by atoms with Crippen molar-refractivity contribution in [2.75, 3.05) is 29.9 Å². The fourth-order valence-corrected chi connectivity index (χ4v) is 3.72. The van der Waals surface area contributed by atoms with E-state index in [4.69, 9.17) is 0 Å². The summed E-state index contributed by atoms with van der Waals surface area (Å²) in [6.07, 6.45) is 7.11. The number of piperidine rings is 1. The lowest BCUT2D eigenvalue weighted by Gasteiger charge is -2.33. The number of amides is 3. The number of hydrogen-bond donors (Lipinski definition) is 3. The van der Waals surface area contributed by atoms with Crippen LogP contribution in [0.3, 0.4) is 0 Å². The molecule has 0 spiro atoms. The van der Waals surface area contributed by atoms with E-state index in [0.29, 0.717) is 24.6 Å². The second-order valence-electron chi connectivity index (χ2n) is 7.69. The molecular formula is C23H31N5O2. The Bertz CT molecular complexity index is 792. The first-order chi connectivity index (χ1) is 14.7. The molecule has 3 rings (SSSR count). The number of benzene rings is 1. The van der Waals surface area contributed by atoms with E-state index in [1.807, 2.05) is 61.8 Å². The van der Waals surface area contributed by atoms with Crippen molar-refractivity contribution >= 4 is 23.3 Å². The third-order valence-electron chi connectivity index (χ3n) is 5.44. The molecule has 1 atom stereocenters. The van der Waals surface area contributed by atoms with Gasteiger partial charge in [-0.1, -0.05) is 31.5 Å². The van der Waals surface area contributed by atoms with E-state index >= 15 is 0 Å². The molecule has 160 valence electrons. The van der Waals surface area contributed by atoms with E-state index < -0.39 is 6.04 Å². The van der Waals surface area contributed by atoms with Gasteiger partial charge in [-0.2, -0.15) is 0 Å². The molecule has 1 aliphatic rings. The topological polar surface area (TPSA) is 86.4 Å². The van der Waals surface area contributed by atoms with Crippen molar-refractivity contribution < 1.29 is 9.59 Å². The van der Waals surface area contributed by atoms with Gasteiger partial charge < -0.3 is 20.9 Å². The van der Waals surface area contributed by atoms with E-state index in [2.05, 4.69) is 25.8 Å².